The second-order valence-electron chi connectivity index (χ2n) is 3.48. The third-order valence-corrected chi connectivity index (χ3v) is 3.10. The van der Waals surface area contributed by atoms with Gasteiger partial charge in [-0.25, -0.2) is 8.42 Å². The Hall–Kier alpha value is -0.580. The first-order valence-corrected chi connectivity index (χ1v) is 6.59. The normalized spacial score (nSPS) is 11.7. The van der Waals surface area contributed by atoms with Crippen LogP contribution in [0.25, 0.3) is 0 Å². The van der Waals surface area contributed by atoms with Crippen LogP contribution in [0.1, 0.15) is 33.6 Å². The van der Waals surface area contributed by atoms with Gasteiger partial charge in [-0.3, -0.25) is 4.79 Å². The summed E-state index contributed by atoms with van der Waals surface area (Å²) in [5.74, 6) is -1.09. The highest BCUT2D eigenvalue weighted by atomic mass is 32.2. The number of carbonyl (C=O) groups is 1. The van der Waals surface area contributed by atoms with Crippen molar-refractivity contribution in [2.45, 2.75) is 39.7 Å². The third-order valence-electron chi connectivity index (χ3n) is 1.51. The van der Waals surface area contributed by atoms with Gasteiger partial charge in [0.05, 0.1) is 11.9 Å². The summed E-state index contributed by atoms with van der Waals surface area (Å²) in [5.41, 5.74) is 0. The SMILES string of the molecule is CCCCS(=O)(=O)CC(=O)OC(C)C. The lowest BCUT2D eigenvalue weighted by Crippen LogP contribution is -2.23. The van der Waals surface area contributed by atoms with Gasteiger partial charge < -0.3 is 4.74 Å². The molecule has 0 unspecified atom stereocenters. The van der Waals surface area contributed by atoms with E-state index in [1.165, 1.54) is 0 Å². The van der Waals surface area contributed by atoms with Crippen molar-refractivity contribution in [2.24, 2.45) is 0 Å². The predicted molar refractivity (Wildman–Crippen MR) is 54.8 cm³/mol. The molecular formula is C9H18O4S. The fraction of sp³-hybridized carbons (Fsp3) is 0.889. The minimum atomic E-state index is -3.26. The van der Waals surface area contributed by atoms with E-state index >= 15 is 0 Å². The van der Waals surface area contributed by atoms with E-state index in [-0.39, 0.29) is 11.9 Å². The van der Waals surface area contributed by atoms with E-state index < -0.39 is 21.6 Å². The lowest BCUT2D eigenvalue weighted by Gasteiger charge is -2.07. The average molecular weight is 222 g/mol. The monoisotopic (exact) mass is 222 g/mol. The lowest BCUT2D eigenvalue weighted by molar-refractivity contribution is -0.144. The van der Waals surface area contributed by atoms with Gasteiger partial charge in [-0.2, -0.15) is 0 Å². The molecule has 0 N–H and O–H groups in total. The van der Waals surface area contributed by atoms with Crippen LogP contribution >= 0.6 is 0 Å². The average Bonchev–Trinajstić information content (AvgIpc) is 1.98. The predicted octanol–water partition coefficient (Wildman–Crippen LogP) is 1.15. The zero-order chi connectivity index (χ0) is 11.2. The second-order valence-corrected chi connectivity index (χ2v) is 5.67. The smallest absolute Gasteiger partial charge is 0.321 e. The standard InChI is InChI=1S/C9H18O4S/c1-4-5-6-14(11,12)7-9(10)13-8(2)3/h8H,4-7H2,1-3H3. The van der Waals surface area contributed by atoms with Gasteiger partial charge in [-0.05, 0) is 20.3 Å². The van der Waals surface area contributed by atoms with E-state index in [1.54, 1.807) is 13.8 Å². The Kier molecular flexibility index (Phi) is 5.76. The van der Waals surface area contributed by atoms with E-state index in [4.69, 9.17) is 4.74 Å². The third kappa shape index (κ3) is 6.88. The Bertz CT molecular complexity index is 267. The van der Waals surface area contributed by atoms with Crippen LogP contribution in [-0.4, -0.2) is 32.0 Å². The van der Waals surface area contributed by atoms with Crippen LogP contribution in [0.5, 0.6) is 0 Å². The van der Waals surface area contributed by atoms with Crippen LogP contribution in [0.3, 0.4) is 0 Å². The van der Waals surface area contributed by atoms with Crippen molar-refractivity contribution in [3.05, 3.63) is 0 Å². The Morgan fingerprint density at radius 2 is 1.93 bits per heavy atom. The van der Waals surface area contributed by atoms with Gasteiger partial charge in [0.25, 0.3) is 0 Å². The molecule has 0 rings (SSSR count). The summed E-state index contributed by atoms with van der Waals surface area (Å²) in [6.07, 6.45) is 1.14. The van der Waals surface area contributed by atoms with E-state index in [2.05, 4.69) is 0 Å². The van der Waals surface area contributed by atoms with Crippen molar-refractivity contribution in [2.75, 3.05) is 11.5 Å². The Labute approximate surface area is 85.6 Å². The molecule has 0 aromatic heterocycles. The van der Waals surface area contributed by atoms with Gasteiger partial charge in [0, 0.05) is 0 Å². The molecule has 0 aliphatic carbocycles. The summed E-state index contributed by atoms with van der Waals surface area (Å²) in [6.45, 7) is 5.29. The molecule has 0 aliphatic rings. The van der Waals surface area contributed by atoms with Gasteiger partial charge in [0.2, 0.25) is 0 Å². The molecule has 0 atom stereocenters. The molecule has 0 spiro atoms. The number of unbranched alkanes of at least 4 members (excludes halogenated alkanes) is 1. The Balaban J connectivity index is 4.03. The zero-order valence-corrected chi connectivity index (χ0v) is 9.76. The summed E-state index contributed by atoms with van der Waals surface area (Å²) < 4.78 is 27.3. The number of carbonyl (C=O) groups excluding carboxylic acids is 1. The lowest BCUT2D eigenvalue weighted by atomic mass is 10.4. The highest BCUT2D eigenvalue weighted by molar-refractivity contribution is 7.92. The fourth-order valence-electron chi connectivity index (χ4n) is 0.913. The first kappa shape index (κ1) is 13.4. The molecular weight excluding hydrogens is 204 g/mol. The molecule has 0 heterocycles. The fourth-order valence-corrected chi connectivity index (χ4v) is 2.21. The molecule has 14 heavy (non-hydrogen) atoms. The Morgan fingerprint density at radius 3 is 2.36 bits per heavy atom. The van der Waals surface area contributed by atoms with Crippen LogP contribution < -0.4 is 0 Å². The molecule has 0 aromatic rings. The molecule has 4 nitrogen and oxygen atoms in total. The van der Waals surface area contributed by atoms with Crippen LogP contribution in [0.2, 0.25) is 0 Å². The molecule has 0 aromatic carbocycles. The Morgan fingerprint density at radius 1 is 1.36 bits per heavy atom. The first-order chi connectivity index (χ1) is 6.37. The maximum absolute atomic E-state index is 11.3. The topological polar surface area (TPSA) is 60.4 Å². The van der Waals surface area contributed by atoms with Crippen LogP contribution in [0, 0.1) is 0 Å². The molecule has 0 bridgehead atoms. The van der Waals surface area contributed by atoms with Crippen molar-refractivity contribution >= 4 is 15.8 Å². The largest absolute Gasteiger partial charge is 0.462 e. The van der Waals surface area contributed by atoms with Gasteiger partial charge in [0.1, 0.15) is 5.75 Å². The molecule has 0 aliphatic heterocycles. The first-order valence-electron chi connectivity index (χ1n) is 4.77. The van der Waals surface area contributed by atoms with Gasteiger partial charge in [-0.15, -0.1) is 0 Å². The number of esters is 1. The molecule has 0 fully saturated rings. The highest BCUT2D eigenvalue weighted by Crippen LogP contribution is 1.99. The van der Waals surface area contributed by atoms with E-state index in [9.17, 15) is 13.2 Å². The quantitative estimate of drug-likeness (QED) is 0.633. The molecule has 0 saturated heterocycles. The second kappa shape index (κ2) is 6.01. The number of hydrogen-bond donors (Lipinski definition) is 0. The summed E-state index contributed by atoms with van der Waals surface area (Å²) in [6, 6.07) is 0. The molecule has 0 saturated carbocycles. The summed E-state index contributed by atoms with van der Waals surface area (Å²) >= 11 is 0. The van der Waals surface area contributed by atoms with Crippen molar-refractivity contribution < 1.29 is 17.9 Å². The van der Waals surface area contributed by atoms with Crippen molar-refractivity contribution in [3.8, 4) is 0 Å². The zero-order valence-electron chi connectivity index (χ0n) is 8.95. The van der Waals surface area contributed by atoms with E-state index in [0.29, 0.717) is 6.42 Å². The van der Waals surface area contributed by atoms with E-state index in [0.717, 1.165) is 6.42 Å². The highest BCUT2D eigenvalue weighted by Gasteiger charge is 2.17. The van der Waals surface area contributed by atoms with Gasteiger partial charge in [-0.1, -0.05) is 13.3 Å². The summed E-state index contributed by atoms with van der Waals surface area (Å²) in [5, 5.41) is 0. The number of hydrogen-bond acceptors (Lipinski definition) is 4. The minimum absolute atomic E-state index is 0.0662. The van der Waals surface area contributed by atoms with Crippen molar-refractivity contribution in [1.29, 1.82) is 0 Å². The van der Waals surface area contributed by atoms with Gasteiger partial charge in [0.15, 0.2) is 9.84 Å². The maximum atomic E-state index is 11.3. The van der Waals surface area contributed by atoms with Gasteiger partial charge >= 0.3 is 5.97 Å². The summed E-state index contributed by atoms with van der Waals surface area (Å²) in [7, 11) is -3.26. The van der Waals surface area contributed by atoms with Crippen LogP contribution in [0.4, 0.5) is 0 Å². The number of rotatable bonds is 6. The van der Waals surface area contributed by atoms with Crippen LogP contribution in [0.15, 0.2) is 0 Å². The maximum Gasteiger partial charge on any atom is 0.321 e. The van der Waals surface area contributed by atoms with Crippen molar-refractivity contribution in [3.63, 3.8) is 0 Å². The molecule has 0 radical (unpaired) electrons. The number of sulfone groups is 1. The molecule has 0 amide bonds. The van der Waals surface area contributed by atoms with E-state index in [1.807, 2.05) is 6.92 Å². The number of ether oxygens (including phenoxy) is 1. The molecule has 5 heteroatoms. The van der Waals surface area contributed by atoms with Crippen LogP contribution in [-0.2, 0) is 19.4 Å². The minimum Gasteiger partial charge on any atom is -0.462 e. The molecule has 84 valence electrons. The summed E-state index contributed by atoms with van der Waals surface area (Å²) in [4.78, 5) is 11.0. The van der Waals surface area contributed by atoms with Crippen molar-refractivity contribution in [1.82, 2.24) is 0 Å².